The molecule has 5 heteroatoms. The standard InChI is InChI=1S/C6H5BrFNO2/c7-4-5(10)2(8)1-3(9)6(4)11/h1,10-11H,9H2. The second-order valence-corrected chi connectivity index (χ2v) is 2.75. The second kappa shape index (κ2) is 2.58. The van der Waals surface area contributed by atoms with Gasteiger partial charge >= 0.3 is 0 Å². The zero-order chi connectivity index (χ0) is 8.59. The van der Waals surface area contributed by atoms with Gasteiger partial charge in [-0.15, -0.1) is 0 Å². The van der Waals surface area contributed by atoms with Gasteiger partial charge in [0.1, 0.15) is 4.47 Å². The Balaban J connectivity index is 3.46. The van der Waals surface area contributed by atoms with Crippen molar-refractivity contribution in [2.75, 3.05) is 5.73 Å². The van der Waals surface area contributed by atoms with E-state index in [-0.39, 0.29) is 15.9 Å². The van der Waals surface area contributed by atoms with Crippen molar-refractivity contribution in [2.24, 2.45) is 0 Å². The van der Waals surface area contributed by atoms with Crippen molar-refractivity contribution in [3.05, 3.63) is 16.4 Å². The Morgan fingerprint density at radius 2 is 1.91 bits per heavy atom. The van der Waals surface area contributed by atoms with Crippen molar-refractivity contribution < 1.29 is 14.6 Å². The largest absolute Gasteiger partial charge is 0.505 e. The lowest BCUT2D eigenvalue weighted by Crippen LogP contribution is -1.89. The Kier molecular flexibility index (Phi) is 1.90. The minimum absolute atomic E-state index is 0.118. The summed E-state index contributed by atoms with van der Waals surface area (Å²) in [5, 5.41) is 17.9. The molecule has 0 heterocycles. The van der Waals surface area contributed by atoms with Gasteiger partial charge in [0, 0.05) is 6.07 Å². The zero-order valence-electron chi connectivity index (χ0n) is 5.31. The number of nitrogens with two attached hydrogens (primary N) is 1. The van der Waals surface area contributed by atoms with Gasteiger partial charge < -0.3 is 15.9 Å². The van der Waals surface area contributed by atoms with Gasteiger partial charge in [-0.1, -0.05) is 0 Å². The van der Waals surface area contributed by atoms with Gasteiger partial charge in [-0.2, -0.15) is 0 Å². The number of anilines is 1. The van der Waals surface area contributed by atoms with E-state index in [9.17, 15) is 4.39 Å². The van der Waals surface area contributed by atoms with Crippen molar-refractivity contribution in [1.82, 2.24) is 0 Å². The molecule has 1 aromatic carbocycles. The topological polar surface area (TPSA) is 66.5 Å². The molecule has 1 rings (SSSR count). The minimum Gasteiger partial charge on any atom is -0.505 e. The van der Waals surface area contributed by atoms with Gasteiger partial charge in [0.25, 0.3) is 0 Å². The van der Waals surface area contributed by atoms with Crippen LogP contribution in [0.1, 0.15) is 0 Å². The van der Waals surface area contributed by atoms with Crippen LogP contribution in [0.5, 0.6) is 11.5 Å². The van der Waals surface area contributed by atoms with E-state index in [2.05, 4.69) is 15.9 Å². The molecule has 0 spiro atoms. The van der Waals surface area contributed by atoms with Crippen LogP contribution in [-0.2, 0) is 0 Å². The van der Waals surface area contributed by atoms with E-state index in [1.165, 1.54) is 0 Å². The first-order valence-electron chi connectivity index (χ1n) is 2.69. The lowest BCUT2D eigenvalue weighted by molar-refractivity contribution is 0.415. The monoisotopic (exact) mass is 221 g/mol. The zero-order valence-corrected chi connectivity index (χ0v) is 6.89. The Labute approximate surface area is 70.4 Å². The first kappa shape index (κ1) is 8.13. The lowest BCUT2D eigenvalue weighted by atomic mass is 10.3. The van der Waals surface area contributed by atoms with Gasteiger partial charge in [0.2, 0.25) is 0 Å². The fraction of sp³-hybridized carbons (Fsp3) is 0. The highest BCUT2D eigenvalue weighted by Crippen LogP contribution is 2.38. The summed E-state index contributed by atoms with van der Waals surface area (Å²) >= 11 is 2.76. The van der Waals surface area contributed by atoms with Crippen LogP contribution in [0.4, 0.5) is 10.1 Å². The predicted octanol–water partition coefficient (Wildman–Crippen LogP) is 1.58. The number of phenolic OH excluding ortho intramolecular Hbond substituents is 2. The number of hydrogen-bond acceptors (Lipinski definition) is 3. The van der Waals surface area contributed by atoms with E-state index in [1.807, 2.05) is 0 Å². The summed E-state index contributed by atoms with van der Waals surface area (Å²) in [6.45, 7) is 0. The molecule has 1 aromatic rings. The Morgan fingerprint density at radius 3 is 2.45 bits per heavy atom. The van der Waals surface area contributed by atoms with Gasteiger partial charge in [0.05, 0.1) is 5.69 Å². The Hall–Kier alpha value is -0.970. The van der Waals surface area contributed by atoms with E-state index in [4.69, 9.17) is 15.9 Å². The molecule has 0 aromatic heterocycles. The quantitative estimate of drug-likeness (QED) is 0.354. The highest BCUT2D eigenvalue weighted by atomic mass is 79.9. The number of nitrogen functional groups attached to an aromatic ring is 1. The third-order valence-corrected chi connectivity index (χ3v) is 1.95. The number of aromatic hydroxyl groups is 2. The third kappa shape index (κ3) is 1.23. The second-order valence-electron chi connectivity index (χ2n) is 1.96. The van der Waals surface area contributed by atoms with Crippen molar-refractivity contribution in [3.8, 4) is 11.5 Å². The van der Waals surface area contributed by atoms with Crippen molar-refractivity contribution in [2.45, 2.75) is 0 Å². The maximum Gasteiger partial charge on any atom is 0.169 e. The first-order valence-corrected chi connectivity index (χ1v) is 3.48. The molecule has 0 aliphatic rings. The molecule has 0 unspecified atom stereocenters. The predicted molar refractivity (Wildman–Crippen MR) is 41.8 cm³/mol. The number of rotatable bonds is 0. The molecule has 3 nitrogen and oxygen atoms in total. The third-order valence-electron chi connectivity index (χ3n) is 1.20. The van der Waals surface area contributed by atoms with Crippen LogP contribution in [0, 0.1) is 5.82 Å². The fourth-order valence-electron chi connectivity index (χ4n) is 0.617. The smallest absolute Gasteiger partial charge is 0.169 e. The van der Waals surface area contributed by atoms with Crippen molar-refractivity contribution in [1.29, 1.82) is 0 Å². The average Bonchev–Trinajstić information content (AvgIpc) is 1.97. The SMILES string of the molecule is Nc1cc(F)c(O)c(Br)c1O. The summed E-state index contributed by atoms with van der Waals surface area (Å²) < 4.78 is 12.4. The van der Waals surface area contributed by atoms with Gasteiger partial charge in [-0.25, -0.2) is 4.39 Å². The summed E-state index contributed by atoms with van der Waals surface area (Å²) in [6.07, 6.45) is 0. The molecule has 0 radical (unpaired) electrons. The maximum absolute atomic E-state index is 12.5. The molecule has 0 aliphatic heterocycles. The molecular weight excluding hydrogens is 217 g/mol. The number of halogens is 2. The summed E-state index contributed by atoms with van der Waals surface area (Å²) in [6, 6.07) is 0.843. The molecule has 0 atom stereocenters. The summed E-state index contributed by atoms with van der Waals surface area (Å²) in [5.74, 6) is -1.87. The molecule has 0 fully saturated rings. The van der Waals surface area contributed by atoms with Crippen LogP contribution in [0.15, 0.2) is 10.5 Å². The molecule has 0 bridgehead atoms. The van der Waals surface area contributed by atoms with Crippen molar-refractivity contribution in [3.63, 3.8) is 0 Å². The maximum atomic E-state index is 12.5. The highest BCUT2D eigenvalue weighted by Gasteiger charge is 2.12. The van der Waals surface area contributed by atoms with E-state index in [1.54, 1.807) is 0 Å². The highest BCUT2D eigenvalue weighted by molar-refractivity contribution is 9.10. The molecule has 0 saturated heterocycles. The van der Waals surface area contributed by atoms with Crippen LogP contribution in [0.3, 0.4) is 0 Å². The van der Waals surface area contributed by atoms with E-state index < -0.39 is 11.6 Å². The first-order chi connectivity index (χ1) is 5.04. The number of hydrogen-bond donors (Lipinski definition) is 3. The van der Waals surface area contributed by atoms with Crippen LogP contribution in [0.25, 0.3) is 0 Å². The van der Waals surface area contributed by atoms with E-state index in [0.29, 0.717) is 0 Å². The average molecular weight is 222 g/mol. The minimum atomic E-state index is -0.868. The molecular formula is C6H5BrFNO2. The number of phenols is 2. The van der Waals surface area contributed by atoms with Crippen molar-refractivity contribution >= 4 is 21.6 Å². The van der Waals surface area contributed by atoms with Gasteiger partial charge in [0.15, 0.2) is 17.3 Å². The van der Waals surface area contributed by atoms with Gasteiger partial charge in [-0.05, 0) is 15.9 Å². The molecule has 0 amide bonds. The molecule has 11 heavy (non-hydrogen) atoms. The molecule has 0 aliphatic carbocycles. The summed E-state index contributed by atoms with van der Waals surface area (Å²) in [5.41, 5.74) is 5.04. The van der Waals surface area contributed by atoms with Crippen LogP contribution >= 0.6 is 15.9 Å². The van der Waals surface area contributed by atoms with Crippen LogP contribution in [-0.4, -0.2) is 10.2 Å². The lowest BCUT2D eigenvalue weighted by Gasteiger charge is -2.03. The van der Waals surface area contributed by atoms with E-state index in [0.717, 1.165) is 6.07 Å². The molecule has 60 valence electrons. The Morgan fingerprint density at radius 1 is 1.36 bits per heavy atom. The normalized spacial score (nSPS) is 10.0. The molecule has 4 N–H and O–H groups in total. The fourth-order valence-corrected chi connectivity index (χ4v) is 1.04. The Bertz CT molecular complexity index is 277. The van der Waals surface area contributed by atoms with E-state index >= 15 is 0 Å². The molecule has 0 saturated carbocycles. The van der Waals surface area contributed by atoms with Crippen LogP contribution < -0.4 is 5.73 Å². The summed E-state index contributed by atoms with van der Waals surface area (Å²) in [4.78, 5) is 0. The number of benzene rings is 1. The van der Waals surface area contributed by atoms with Crippen LogP contribution in [0.2, 0.25) is 0 Å². The summed E-state index contributed by atoms with van der Waals surface area (Å²) in [7, 11) is 0. The van der Waals surface area contributed by atoms with Gasteiger partial charge in [-0.3, -0.25) is 0 Å².